The summed E-state index contributed by atoms with van der Waals surface area (Å²) < 4.78 is 5.47. The minimum atomic E-state index is -0.360. The summed E-state index contributed by atoms with van der Waals surface area (Å²) in [5.41, 5.74) is 1.13. The van der Waals surface area contributed by atoms with Gasteiger partial charge in [-0.25, -0.2) is 0 Å². The Bertz CT molecular complexity index is 601. The molecular weight excluding hydrogens is 282 g/mol. The molecule has 1 amide bonds. The SMILES string of the molecule is Cc1oc(NC(=O)C(C)N2CCC(C(C)O)C2)c(C#N)c1C. The topological polar surface area (TPSA) is 89.5 Å². The van der Waals surface area contributed by atoms with Crippen molar-refractivity contribution in [2.45, 2.75) is 46.3 Å². The molecule has 0 saturated carbocycles. The third-order valence-electron chi connectivity index (χ3n) is 4.60. The third kappa shape index (κ3) is 3.16. The fourth-order valence-corrected chi connectivity index (χ4v) is 2.79. The Morgan fingerprint density at radius 2 is 2.18 bits per heavy atom. The lowest BCUT2D eigenvalue weighted by atomic mass is 10.0. The van der Waals surface area contributed by atoms with Crippen LogP contribution in [0.25, 0.3) is 0 Å². The number of carbonyl (C=O) groups excluding carboxylic acids is 1. The Hall–Kier alpha value is -1.84. The molecule has 1 aliphatic rings. The summed E-state index contributed by atoms with van der Waals surface area (Å²) in [6.07, 6.45) is 0.526. The number of aryl methyl sites for hydroxylation is 1. The molecule has 6 heteroatoms. The second kappa shape index (κ2) is 6.51. The van der Waals surface area contributed by atoms with Crippen LogP contribution < -0.4 is 5.32 Å². The molecule has 1 saturated heterocycles. The number of rotatable bonds is 4. The maximum absolute atomic E-state index is 12.4. The molecule has 0 aliphatic carbocycles. The first-order chi connectivity index (χ1) is 10.3. The van der Waals surface area contributed by atoms with E-state index in [1.54, 1.807) is 20.8 Å². The van der Waals surface area contributed by atoms with E-state index in [-0.39, 0.29) is 29.9 Å². The van der Waals surface area contributed by atoms with E-state index in [1.165, 1.54) is 0 Å². The molecule has 6 nitrogen and oxygen atoms in total. The number of nitriles is 1. The van der Waals surface area contributed by atoms with Crippen molar-refractivity contribution in [3.63, 3.8) is 0 Å². The highest BCUT2D eigenvalue weighted by Crippen LogP contribution is 2.26. The molecule has 0 spiro atoms. The molecule has 0 aromatic carbocycles. The number of hydrogen-bond acceptors (Lipinski definition) is 5. The van der Waals surface area contributed by atoms with Crippen molar-refractivity contribution in [2.24, 2.45) is 5.92 Å². The predicted octanol–water partition coefficient (Wildman–Crippen LogP) is 1.80. The fraction of sp³-hybridized carbons (Fsp3) is 0.625. The van der Waals surface area contributed by atoms with Gasteiger partial charge in [-0.2, -0.15) is 5.26 Å². The number of carbonyl (C=O) groups is 1. The molecule has 22 heavy (non-hydrogen) atoms. The van der Waals surface area contributed by atoms with Gasteiger partial charge < -0.3 is 9.52 Å². The van der Waals surface area contributed by atoms with E-state index in [1.807, 2.05) is 11.8 Å². The number of aliphatic hydroxyl groups is 1. The summed E-state index contributed by atoms with van der Waals surface area (Å²) in [7, 11) is 0. The highest BCUT2D eigenvalue weighted by Gasteiger charge is 2.32. The molecule has 3 atom stereocenters. The van der Waals surface area contributed by atoms with Crippen molar-refractivity contribution < 1.29 is 14.3 Å². The molecule has 2 N–H and O–H groups in total. The lowest BCUT2D eigenvalue weighted by molar-refractivity contribution is -0.120. The van der Waals surface area contributed by atoms with Crippen LogP contribution in [0.5, 0.6) is 0 Å². The van der Waals surface area contributed by atoms with Gasteiger partial charge in [-0.1, -0.05) is 0 Å². The van der Waals surface area contributed by atoms with Gasteiger partial charge in [-0.05, 0) is 46.6 Å². The number of anilines is 1. The molecule has 120 valence electrons. The average Bonchev–Trinajstić information content (AvgIpc) is 3.05. The molecule has 1 fully saturated rings. The van der Waals surface area contributed by atoms with Gasteiger partial charge >= 0.3 is 0 Å². The largest absolute Gasteiger partial charge is 0.444 e. The van der Waals surface area contributed by atoms with Crippen molar-refractivity contribution in [2.75, 3.05) is 18.4 Å². The second-order valence-corrected chi connectivity index (χ2v) is 6.05. The van der Waals surface area contributed by atoms with Gasteiger partial charge in [0.15, 0.2) is 0 Å². The number of likely N-dealkylation sites (tertiary alicyclic amines) is 1. The van der Waals surface area contributed by atoms with E-state index < -0.39 is 0 Å². The van der Waals surface area contributed by atoms with Crippen molar-refractivity contribution in [1.82, 2.24) is 4.90 Å². The van der Waals surface area contributed by atoms with Crippen molar-refractivity contribution in [1.29, 1.82) is 5.26 Å². The highest BCUT2D eigenvalue weighted by atomic mass is 16.4. The van der Waals surface area contributed by atoms with Crippen molar-refractivity contribution in [3.05, 3.63) is 16.9 Å². The highest BCUT2D eigenvalue weighted by molar-refractivity contribution is 5.94. The van der Waals surface area contributed by atoms with Crippen LogP contribution in [0.3, 0.4) is 0 Å². The molecule has 0 radical (unpaired) electrons. The Labute approximate surface area is 130 Å². The predicted molar refractivity (Wildman–Crippen MR) is 82.3 cm³/mol. The van der Waals surface area contributed by atoms with Crippen LogP contribution in [0.2, 0.25) is 0 Å². The molecule has 1 aromatic rings. The zero-order valence-electron chi connectivity index (χ0n) is 13.5. The second-order valence-electron chi connectivity index (χ2n) is 6.05. The zero-order chi connectivity index (χ0) is 16.4. The lowest BCUT2D eigenvalue weighted by Crippen LogP contribution is -2.41. The van der Waals surface area contributed by atoms with Crippen LogP contribution in [-0.2, 0) is 4.79 Å². The van der Waals surface area contributed by atoms with Gasteiger partial charge in [0.05, 0.1) is 12.1 Å². The van der Waals surface area contributed by atoms with Crippen LogP contribution in [0, 0.1) is 31.1 Å². The number of aliphatic hydroxyl groups excluding tert-OH is 1. The molecule has 2 heterocycles. The van der Waals surface area contributed by atoms with E-state index in [0.29, 0.717) is 17.9 Å². The van der Waals surface area contributed by atoms with Crippen LogP contribution in [0.4, 0.5) is 5.88 Å². The monoisotopic (exact) mass is 305 g/mol. The minimum absolute atomic E-state index is 0.198. The molecule has 3 unspecified atom stereocenters. The van der Waals surface area contributed by atoms with Gasteiger partial charge in [0.1, 0.15) is 17.4 Å². The molecular formula is C16H23N3O3. The summed E-state index contributed by atoms with van der Waals surface area (Å²) in [6, 6.07) is 1.73. The Balaban J connectivity index is 2.04. The molecule has 0 bridgehead atoms. The van der Waals surface area contributed by atoms with Crippen LogP contribution in [-0.4, -0.2) is 41.1 Å². The van der Waals surface area contributed by atoms with Gasteiger partial charge in [0.2, 0.25) is 11.8 Å². The smallest absolute Gasteiger partial charge is 0.243 e. The van der Waals surface area contributed by atoms with Crippen molar-refractivity contribution in [3.8, 4) is 6.07 Å². The number of amides is 1. The summed E-state index contributed by atoms with van der Waals surface area (Å²) in [5.74, 6) is 0.866. The van der Waals surface area contributed by atoms with Crippen LogP contribution >= 0.6 is 0 Å². The fourth-order valence-electron chi connectivity index (χ4n) is 2.79. The summed E-state index contributed by atoms with van der Waals surface area (Å²) in [4.78, 5) is 14.4. The van der Waals surface area contributed by atoms with Crippen molar-refractivity contribution >= 4 is 11.8 Å². The maximum atomic E-state index is 12.4. The standard InChI is InChI=1S/C16H23N3O3/c1-9-12(4)22-16(14(9)7-17)18-15(21)10(2)19-6-5-13(8-19)11(3)20/h10-11,13,20H,5-6,8H2,1-4H3,(H,18,21). The van der Waals surface area contributed by atoms with Gasteiger partial charge in [0, 0.05) is 12.1 Å². The summed E-state index contributed by atoms with van der Waals surface area (Å²) >= 11 is 0. The number of hydrogen-bond donors (Lipinski definition) is 2. The number of nitrogens with one attached hydrogen (secondary N) is 1. The lowest BCUT2D eigenvalue weighted by Gasteiger charge is -2.23. The Morgan fingerprint density at radius 3 is 2.73 bits per heavy atom. The van der Waals surface area contributed by atoms with Gasteiger partial charge in [-0.15, -0.1) is 0 Å². The molecule has 1 aromatic heterocycles. The molecule has 1 aliphatic heterocycles. The minimum Gasteiger partial charge on any atom is -0.444 e. The van der Waals surface area contributed by atoms with Crippen LogP contribution in [0.1, 0.15) is 37.2 Å². The normalized spacial score (nSPS) is 21.4. The maximum Gasteiger partial charge on any atom is 0.243 e. The van der Waals surface area contributed by atoms with E-state index in [4.69, 9.17) is 4.42 Å². The van der Waals surface area contributed by atoms with E-state index in [9.17, 15) is 15.2 Å². The summed E-state index contributed by atoms with van der Waals surface area (Å²) in [5, 5.41) is 21.5. The Morgan fingerprint density at radius 1 is 1.50 bits per heavy atom. The van der Waals surface area contributed by atoms with Gasteiger partial charge in [0.25, 0.3) is 0 Å². The third-order valence-corrected chi connectivity index (χ3v) is 4.60. The number of nitrogens with zero attached hydrogens (tertiary/aromatic N) is 2. The first-order valence-corrected chi connectivity index (χ1v) is 7.58. The van der Waals surface area contributed by atoms with E-state index in [2.05, 4.69) is 11.4 Å². The zero-order valence-corrected chi connectivity index (χ0v) is 13.5. The first-order valence-electron chi connectivity index (χ1n) is 7.58. The van der Waals surface area contributed by atoms with Crippen LogP contribution in [0.15, 0.2) is 4.42 Å². The average molecular weight is 305 g/mol. The van der Waals surface area contributed by atoms with E-state index in [0.717, 1.165) is 18.5 Å². The van der Waals surface area contributed by atoms with E-state index >= 15 is 0 Å². The molecule has 2 rings (SSSR count). The summed E-state index contributed by atoms with van der Waals surface area (Å²) in [6.45, 7) is 8.66. The number of furan rings is 1. The van der Waals surface area contributed by atoms with Gasteiger partial charge in [-0.3, -0.25) is 15.0 Å². The Kier molecular flexibility index (Phi) is 4.89. The first kappa shape index (κ1) is 16.5. The quantitative estimate of drug-likeness (QED) is 0.885.